The summed E-state index contributed by atoms with van der Waals surface area (Å²) in [7, 11) is 0. The van der Waals surface area contributed by atoms with Gasteiger partial charge in [-0.2, -0.15) is 0 Å². The Morgan fingerprint density at radius 3 is 2.80 bits per heavy atom. The van der Waals surface area contributed by atoms with E-state index < -0.39 is 11.4 Å². The molecule has 2 heterocycles. The van der Waals surface area contributed by atoms with Crippen molar-refractivity contribution < 1.29 is 19.5 Å². The molecule has 0 aliphatic carbocycles. The van der Waals surface area contributed by atoms with Gasteiger partial charge < -0.3 is 10.1 Å². The highest BCUT2D eigenvalue weighted by molar-refractivity contribution is 5.97. The first-order chi connectivity index (χ1) is 16.9. The molecule has 8 nitrogen and oxygen atoms in total. The number of hydrogen-bond donors (Lipinski definition) is 3. The maximum atomic E-state index is 13.4. The number of aromatic nitrogens is 1. The van der Waals surface area contributed by atoms with Crippen LogP contribution in [0.25, 0.3) is 10.9 Å². The van der Waals surface area contributed by atoms with Gasteiger partial charge in [0, 0.05) is 29.7 Å². The molecule has 1 fully saturated rings. The SMILES string of the molecule is C#CCN1CCC(CC(=O)NO)(NC(=O)c2ccccc2OCc2cc(C)nc3ccccc23)C1. The largest absolute Gasteiger partial charge is 0.488 e. The van der Waals surface area contributed by atoms with Gasteiger partial charge in [-0.25, -0.2) is 5.48 Å². The Hall–Kier alpha value is -3.93. The molecule has 1 atom stereocenters. The summed E-state index contributed by atoms with van der Waals surface area (Å²) in [5.41, 5.74) is 3.92. The summed E-state index contributed by atoms with van der Waals surface area (Å²) < 4.78 is 6.12. The number of terminal acetylenes is 1. The molecule has 3 aromatic rings. The van der Waals surface area contributed by atoms with E-state index in [9.17, 15) is 9.59 Å². The predicted molar refractivity (Wildman–Crippen MR) is 132 cm³/mol. The third kappa shape index (κ3) is 5.60. The molecule has 2 aromatic carbocycles. The fourth-order valence-electron chi connectivity index (χ4n) is 4.62. The van der Waals surface area contributed by atoms with Crippen LogP contribution in [0.3, 0.4) is 0 Å². The van der Waals surface area contributed by atoms with Crippen LogP contribution in [0.2, 0.25) is 0 Å². The first kappa shape index (κ1) is 24.2. The molecular weight excluding hydrogens is 444 g/mol. The minimum Gasteiger partial charge on any atom is -0.488 e. The molecule has 0 radical (unpaired) electrons. The van der Waals surface area contributed by atoms with Crippen LogP contribution in [0.1, 0.15) is 34.5 Å². The number of hydroxylamine groups is 1. The number of nitrogens with zero attached hydrogens (tertiary/aromatic N) is 2. The van der Waals surface area contributed by atoms with Crippen molar-refractivity contribution in [2.24, 2.45) is 0 Å². The van der Waals surface area contributed by atoms with Crippen molar-refractivity contribution in [3.05, 3.63) is 71.4 Å². The maximum Gasteiger partial charge on any atom is 0.255 e. The summed E-state index contributed by atoms with van der Waals surface area (Å²) in [6, 6.07) is 16.8. The first-order valence-electron chi connectivity index (χ1n) is 11.4. The number of fused-ring (bicyclic) bond motifs is 1. The van der Waals surface area contributed by atoms with Crippen LogP contribution in [0, 0.1) is 19.3 Å². The number of carbonyl (C=O) groups is 2. The Bertz CT molecular complexity index is 1290. The highest BCUT2D eigenvalue weighted by Crippen LogP contribution is 2.28. The van der Waals surface area contributed by atoms with E-state index in [-0.39, 0.29) is 18.9 Å². The van der Waals surface area contributed by atoms with Gasteiger partial charge in [0.25, 0.3) is 5.91 Å². The van der Waals surface area contributed by atoms with E-state index in [1.54, 1.807) is 29.7 Å². The summed E-state index contributed by atoms with van der Waals surface area (Å²) in [6.07, 6.45) is 5.90. The zero-order valence-electron chi connectivity index (χ0n) is 19.6. The molecule has 0 spiro atoms. The van der Waals surface area contributed by atoms with E-state index in [1.807, 2.05) is 42.2 Å². The van der Waals surface area contributed by atoms with Gasteiger partial charge in [0.2, 0.25) is 5.91 Å². The van der Waals surface area contributed by atoms with Crippen molar-refractivity contribution in [1.82, 2.24) is 20.7 Å². The van der Waals surface area contributed by atoms with Crippen LogP contribution >= 0.6 is 0 Å². The summed E-state index contributed by atoms with van der Waals surface area (Å²) in [5, 5.41) is 13.1. The Kier molecular flexibility index (Phi) is 7.30. The number of aryl methyl sites for hydroxylation is 1. The van der Waals surface area contributed by atoms with Crippen molar-refractivity contribution in [2.75, 3.05) is 19.6 Å². The van der Waals surface area contributed by atoms with Crippen LogP contribution in [0.4, 0.5) is 0 Å². The van der Waals surface area contributed by atoms with Gasteiger partial charge in [0.15, 0.2) is 0 Å². The zero-order valence-corrected chi connectivity index (χ0v) is 19.6. The summed E-state index contributed by atoms with van der Waals surface area (Å²) in [6.45, 7) is 3.65. The molecule has 1 aliphatic heterocycles. The molecule has 4 rings (SSSR count). The normalized spacial score (nSPS) is 17.6. The number of amides is 2. The Labute approximate surface area is 204 Å². The van der Waals surface area contributed by atoms with Crippen molar-refractivity contribution in [2.45, 2.75) is 31.9 Å². The zero-order chi connectivity index (χ0) is 24.8. The summed E-state index contributed by atoms with van der Waals surface area (Å²) in [5.74, 6) is 2.10. The number of rotatable bonds is 8. The molecular formula is C27H28N4O4. The second kappa shape index (κ2) is 10.6. The Balaban J connectivity index is 1.55. The van der Waals surface area contributed by atoms with E-state index in [4.69, 9.17) is 16.4 Å². The lowest BCUT2D eigenvalue weighted by Crippen LogP contribution is -2.53. The average molecular weight is 473 g/mol. The van der Waals surface area contributed by atoms with Gasteiger partial charge in [0.1, 0.15) is 12.4 Å². The van der Waals surface area contributed by atoms with Crippen molar-refractivity contribution in [3.8, 4) is 18.1 Å². The van der Waals surface area contributed by atoms with Crippen LogP contribution in [0.5, 0.6) is 5.75 Å². The lowest BCUT2D eigenvalue weighted by molar-refractivity contribution is -0.130. The third-order valence-corrected chi connectivity index (χ3v) is 6.19. The molecule has 1 aromatic heterocycles. The smallest absolute Gasteiger partial charge is 0.255 e. The topological polar surface area (TPSA) is 104 Å². The van der Waals surface area contributed by atoms with E-state index in [1.165, 1.54) is 0 Å². The maximum absolute atomic E-state index is 13.4. The second-order valence-electron chi connectivity index (χ2n) is 8.84. The molecule has 35 heavy (non-hydrogen) atoms. The van der Waals surface area contributed by atoms with Gasteiger partial charge in [-0.05, 0) is 37.6 Å². The molecule has 0 bridgehead atoms. The predicted octanol–water partition coefficient (Wildman–Crippen LogP) is 2.83. The fraction of sp³-hybridized carbons (Fsp3) is 0.296. The monoisotopic (exact) mass is 472 g/mol. The molecule has 3 N–H and O–H groups in total. The number of pyridine rings is 1. The lowest BCUT2D eigenvalue weighted by atomic mass is 9.93. The van der Waals surface area contributed by atoms with Crippen molar-refractivity contribution in [3.63, 3.8) is 0 Å². The van der Waals surface area contributed by atoms with Crippen LogP contribution in [-0.2, 0) is 11.4 Å². The minimum absolute atomic E-state index is 0.0678. The van der Waals surface area contributed by atoms with Crippen LogP contribution in [-0.4, -0.2) is 52.1 Å². The second-order valence-corrected chi connectivity index (χ2v) is 8.84. The third-order valence-electron chi connectivity index (χ3n) is 6.19. The number of hydrogen-bond acceptors (Lipinski definition) is 6. The highest BCUT2D eigenvalue weighted by Gasteiger charge is 2.41. The Morgan fingerprint density at radius 2 is 2.00 bits per heavy atom. The first-order valence-corrected chi connectivity index (χ1v) is 11.4. The number of para-hydroxylation sites is 2. The molecule has 8 heteroatoms. The number of carbonyl (C=O) groups excluding carboxylic acids is 2. The van der Waals surface area contributed by atoms with Crippen molar-refractivity contribution >= 4 is 22.7 Å². The lowest BCUT2D eigenvalue weighted by Gasteiger charge is -2.30. The number of likely N-dealkylation sites (tertiary alicyclic amines) is 1. The average Bonchev–Trinajstić information content (AvgIpc) is 3.24. The quantitative estimate of drug-likeness (QED) is 0.265. The van der Waals surface area contributed by atoms with E-state index in [0.29, 0.717) is 37.4 Å². The van der Waals surface area contributed by atoms with Gasteiger partial charge in [-0.1, -0.05) is 36.3 Å². The van der Waals surface area contributed by atoms with Gasteiger partial charge in [0.05, 0.1) is 29.6 Å². The van der Waals surface area contributed by atoms with Gasteiger partial charge in [-0.3, -0.25) is 24.7 Å². The Morgan fingerprint density at radius 1 is 1.23 bits per heavy atom. The standard InChI is InChI=1S/C27H28N4O4/c1-3-13-31-14-12-27(18-31,16-25(32)30-34)29-26(33)22-9-5-7-11-24(22)35-17-20-15-19(2)28-23-10-6-4-8-21(20)23/h1,4-11,15,34H,12-14,16-18H2,2H3,(H,29,33)(H,30,32). The molecule has 0 saturated carbocycles. The molecule has 1 aliphatic rings. The summed E-state index contributed by atoms with van der Waals surface area (Å²) >= 11 is 0. The fourth-order valence-corrected chi connectivity index (χ4v) is 4.62. The number of ether oxygens (including phenoxy) is 1. The number of benzene rings is 2. The minimum atomic E-state index is -0.855. The van der Waals surface area contributed by atoms with E-state index in [2.05, 4.69) is 16.2 Å². The van der Waals surface area contributed by atoms with Crippen molar-refractivity contribution in [1.29, 1.82) is 0 Å². The molecule has 1 unspecified atom stereocenters. The highest BCUT2D eigenvalue weighted by atomic mass is 16.5. The molecule has 2 amide bonds. The van der Waals surface area contributed by atoms with Gasteiger partial charge >= 0.3 is 0 Å². The van der Waals surface area contributed by atoms with E-state index >= 15 is 0 Å². The molecule has 1 saturated heterocycles. The van der Waals surface area contributed by atoms with Crippen LogP contribution < -0.4 is 15.5 Å². The summed E-state index contributed by atoms with van der Waals surface area (Å²) in [4.78, 5) is 32.0. The molecule has 180 valence electrons. The van der Waals surface area contributed by atoms with E-state index in [0.717, 1.165) is 22.2 Å². The van der Waals surface area contributed by atoms with Crippen LogP contribution in [0.15, 0.2) is 54.6 Å². The van der Waals surface area contributed by atoms with Gasteiger partial charge in [-0.15, -0.1) is 6.42 Å². The number of nitrogens with one attached hydrogen (secondary N) is 2.